The molecule has 2 aliphatic heterocycles. The van der Waals surface area contributed by atoms with Crippen LogP contribution >= 0.6 is 0 Å². The number of hydrogen-bond acceptors (Lipinski definition) is 5. The molecule has 0 aromatic heterocycles. The molecule has 15 heteroatoms. The van der Waals surface area contributed by atoms with Crippen molar-refractivity contribution in [2.24, 2.45) is 0 Å². The Balaban J connectivity index is 1.43. The van der Waals surface area contributed by atoms with E-state index in [1.807, 2.05) is 0 Å². The second-order valence-corrected chi connectivity index (χ2v) is 12.3. The molecule has 1 aliphatic carbocycles. The molecule has 6 nitrogen and oxygen atoms in total. The van der Waals surface area contributed by atoms with E-state index in [4.69, 9.17) is 9.47 Å². The molecule has 0 spiro atoms. The maximum absolute atomic E-state index is 14.0. The van der Waals surface area contributed by atoms with Gasteiger partial charge in [-0.25, -0.2) is 4.79 Å². The number of benzene rings is 3. The van der Waals surface area contributed by atoms with Gasteiger partial charge in [-0.1, -0.05) is 12.1 Å². The summed E-state index contributed by atoms with van der Waals surface area (Å²) in [5.74, 6) is -0.0179. The summed E-state index contributed by atoms with van der Waals surface area (Å²) in [6.07, 6.45) is -19.2. The van der Waals surface area contributed by atoms with Gasteiger partial charge >= 0.3 is 24.6 Å². The fourth-order valence-electron chi connectivity index (χ4n) is 7.10. The highest BCUT2D eigenvalue weighted by Crippen LogP contribution is 2.52. The predicted octanol–water partition coefficient (Wildman–Crippen LogP) is 8.41. The number of cyclic esters (lactones) is 1. The van der Waals surface area contributed by atoms with Crippen molar-refractivity contribution in [3.8, 4) is 16.9 Å². The van der Waals surface area contributed by atoms with E-state index in [-0.39, 0.29) is 54.5 Å². The van der Waals surface area contributed by atoms with E-state index in [0.29, 0.717) is 23.3 Å². The minimum absolute atomic E-state index is 0.00335. The first-order chi connectivity index (χ1) is 22.4. The highest BCUT2D eigenvalue weighted by Gasteiger charge is 2.52. The van der Waals surface area contributed by atoms with Gasteiger partial charge in [-0.05, 0) is 96.3 Å². The lowest BCUT2D eigenvalue weighted by molar-refractivity contribution is -0.143. The zero-order valence-electron chi connectivity index (χ0n) is 25.0. The molecular formula is C33H28F9NO5. The van der Waals surface area contributed by atoms with E-state index in [1.165, 1.54) is 13.2 Å². The molecule has 3 aromatic carbocycles. The van der Waals surface area contributed by atoms with Crippen molar-refractivity contribution >= 4 is 6.09 Å². The topological polar surface area (TPSA) is 79.2 Å². The summed E-state index contributed by atoms with van der Waals surface area (Å²) in [7, 11) is 1.35. The van der Waals surface area contributed by atoms with Crippen molar-refractivity contribution in [3.05, 3.63) is 88.0 Å². The molecule has 6 atom stereocenters. The Morgan fingerprint density at radius 1 is 0.729 bits per heavy atom. The molecule has 3 aromatic rings. The molecule has 3 aliphatic rings. The quantitative estimate of drug-likeness (QED) is 0.263. The molecular weight excluding hydrogens is 661 g/mol. The first kappa shape index (κ1) is 33.9. The van der Waals surface area contributed by atoms with Gasteiger partial charge in [-0.15, -0.1) is 0 Å². The summed E-state index contributed by atoms with van der Waals surface area (Å²) in [5.41, 5.74) is -3.50. The number of alkyl halides is 9. The van der Waals surface area contributed by atoms with Gasteiger partial charge in [-0.3, -0.25) is 4.90 Å². The maximum Gasteiger partial charge on any atom is 0.416 e. The molecule has 1 saturated carbocycles. The lowest BCUT2D eigenvalue weighted by atomic mass is 9.88. The molecule has 0 bridgehead atoms. The number of methoxy groups -OCH3 is 1. The second-order valence-electron chi connectivity index (χ2n) is 12.3. The van der Waals surface area contributed by atoms with Crippen LogP contribution in [-0.4, -0.2) is 46.6 Å². The van der Waals surface area contributed by atoms with Crippen LogP contribution in [0.3, 0.4) is 0 Å². The molecule has 48 heavy (non-hydrogen) atoms. The number of fused-ring (bicyclic) bond motifs is 1. The van der Waals surface area contributed by atoms with Crippen LogP contribution in [0.25, 0.3) is 11.1 Å². The lowest BCUT2D eigenvalue weighted by Gasteiger charge is -2.26. The molecule has 2 heterocycles. The van der Waals surface area contributed by atoms with E-state index in [2.05, 4.69) is 0 Å². The minimum atomic E-state index is -5.15. The van der Waals surface area contributed by atoms with Crippen LogP contribution in [0.2, 0.25) is 0 Å². The first-order valence-electron chi connectivity index (χ1n) is 14.9. The monoisotopic (exact) mass is 689 g/mol. The largest absolute Gasteiger partial charge is 0.496 e. The minimum Gasteiger partial charge on any atom is -0.496 e. The third kappa shape index (κ3) is 6.17. The summed E-state index contributed by atoms with van der Waals surface area (Å²) in [6, 6.07) is 6.64. The zero-order valence-corrected chi connectivity index (χ0v) is 25.0. The van der Waals surface area contributed by atoms with Gasteiger partial charge < -0.3 is 19.7 Å². The summed E-state index contributed by atoms with van der Waals surface area (Å²) in [5, 5.41) is 20.2. The number of rotatable bonds is 5. The standard InChI is InChI=1S/C33H28F9NO5/c1-47-28-7-2-15(16-11-26(44)27(45)12-16)10-23(28)21-4-3-18(31(34,35)36)14-22(21)24-5-6-25-29(48-30(46)43(24)25)17-8-19(32(37,38)39)13-20(9-17)33(40,41)42/h2-4,7-10,13-14,16,24-27,29,44-45H,5-6,11-12H2,1H3/t16-,24-,25-,26+,27-,29+/m0/s1. The van der Waals surface area contributed by atoms with Gasteiger partial charge in [0.15, 0.2) is 0 Å². The summed E-state index contributed by atoms with van der Waals surface area (Å²) < 4.78 is 135. The molecule has 2 N–H and O–H groups in total. The number of halogens is 9. The number of carbonyl (C=O) groups excluding carboxylic acids is 1. The fourth-order valence-corrected chi connectivity index (χ4v) is 7.10. The average Bonchev–Trinajstić information content (AvgIpc) is 3.69. The number of nitrogens with zero attached hydrogens (tertiary/aromatic N) is 1. The Bertz CT molecular complexity index is 1680. The van der Waals surface area contributed by atoms with Crippen molar-refractivity contribution < 1.29 is 64.0 Å². The fraction of sp³-hybridized carbons (Fsp3) is 0.424. The number of hydrogen-bond donors (Lipinski definition) is 2. The van der Waals surface area contributed by atoms with Crippen molar-refractivity contribution in [2.75, 3.05) is 7.11 Å². The summed E-state index contributed by atoms with van der Waals surface area (Å²) >= 11 is 0. The van der Waals surface area contributed by atoms with Crippen molar-refractivity contribution in [1.82, 2.24) is 4.90 Å². The van der Waals surface area contributed by atoms with Crippen LogP contribution in [0.4, 0.5) is 44.3 Å². The van der Waals surface area contributed by atoms with E-state index in [1.54, 1.807) is 18.2 Å². The average molecular weight is 690 g/mol. The van der Waals surface area contributed by atoms with Gasteiger partial charge in [0.1, 0.15) is 11.9 Å². The predicted molar refractivity (Wildman–Crippen MR) is 151 cm³/mol. The van der Waals surface area contributed by atoms with Gasteiger partial charge in [0, 0.05) is 5.56 Å². The third-order valence-electron chi connectivity index (χ3n) is 9.37. The van der Waals surface area contributed by atoms with Crippen LogP contribution in [0.15, 0.2) is 54.6 Å². The van der Waals surface area contributed by atoms with E-state index in [0.717, 1.165) is 17.0 Å². The Hall–Kier alpha value is -3.98. The van der Waals surface area contributed by atoms with Crippen LogP contribution in [0.1, 0.15) is 77.1 Å². The Morgan fingerprint density at radius 3 is 1.90 bits per heavy atom. The highest BCUT2D eigenvalue weighted by molar-refractivity contribution is 5.78. The van der Waals surface area contributed by atoms with Gasteiger partial charge in [0.2, 0.25) is 0 Å². The molecule has 0 radical (unpaired) electrons. The van der Waals surface area contributed by atoms with E-state index in [9.17, 15) is 54.5 Å². The van der Waals surface area contributed by atoms with Crippen LogP contribution in [0, 0.1) is 0 Å². The molecule has 2 saturated heterocycles. The van der Waals surface area contributed by atoms with Gasteiger partial charge in [-0.2, -0.15) is 39.5 Å². The van der Waals surface area contributed by atoms with Crippen molar-refractivity contribution in [3.63, 3.8) is 0 Å². The number of amides is 1. The molecule has 6 rings (SSSR count). The molecule has 0 unspecified atom stereocenters. The van der Waals surface area contributed by atoms with Crippen LogP contribution < -0.4 is 4.74 Å². The SMILES string of the molecule is COc1ccc([C@H]2C[C@@H](O)[C@@H](O)C2)cc1-c1ccc(C(F)(F)F)cc1[C@@H]1CC[C@H]2[C@@H](c3cc(C(F)(F)F)cc(C(F)(F)F)c3)OC(=O)N12. The van der Waals surface area contributed by atoms with E-state index < -0.39 is 77.3 Å². The molecule has 1 amide bonds. The Morgan fingerprint density at radius 2 is 1.33 bits per heavy atom. The smallest absolute Gasteiger partial charge is 0.416 e. The number of aliphatic hydroxyl groups is 2. The van der Waals surface area contributed by atoms with E-state index >= 15 is 0 Å². The van der Waals surface area contributed by atoms with Crippen LogP contribution in [-0.2, 0) is 23.3 Å². The molecule has 258 valence electrons. The van der Waals surface area contributed by atoms with Crippen molar-refractivity contribution in [1.29, 1.82) is 0 Å². The Kier molecular flexibility index (Phi) is 8.38. The Labute approximate surface area is 267 Å². The first-order valence-corrected chi connectivity index (χ1v) is 14.9. The molecule has 3 fully saturated rings. The van der Waals surface area contributed by atoms with Gasteiger partial charge in [0.05, 0.1) is 48.1 Å². The number of carbonyl (C=O) groups is 1. The van der Waals surface area contributed by atoms with Crippen LogP contribution in [0.5, 0.6) is 5.75 Å². The highest BCUT2D eigenvalue weighted by atomic mass is 19.4. The zero-order chi connectivity index (χ0) is 34.9. The number of ether oxygens (including phenoxy) is 2. The summed E-state index contributed by atoms with van der Waals surface area (Å²) in [6.45, 7) is 0. The van der Waals surface area contributed by atoms with Gasteiger partial charge in [0.25, 0.3) is 0 Å². The second kappa shape index (κ2) is 11.9. The summed E-state index contributed by atoms with van der Waals surface area (Å²) in [4.78, 5) is 14.4. The third-order valence-corrected chi connectivity index (χ3v) is 9.37. The normalized spacial score (nSPS) is 26.2. The maximum atomic E-state index is 14.0. The number of aliphatic hydroxyl groups excluding tert-OH is 2. The van der Waals surface area contributed by atoms with Crippen molar-refractivity contribution in [2.45, 2.75) is 80.5 Å². The lowest BCUT2D eigenvalue weighted by Crippen LogP contribution is -2.31.